The van der Waals surface area contributed by atoms with E-state index in [9.17, 15) is 14.7 Å². The first-order valence-corrected chi connectivity index (χ1v) is 10.2. The number of hydrogen-bond acceptors (Lipinski definition) is 4. The fourth-order valence-electron chi connectivity index (χ4n) is 4.88. The molecule has 7 heteroatoms. The Morgan fingerprint density at radius 1 is 1.30 bits per heavy atom. The van der Waals surface area contributed by atoms with Gasteiger partial charge in [0.2, 0.25) is 5.91 Å². The highest BCUT2D eigenvalue weighted by Crippen LogP contribution is 2.45. The molecule has 1 aliphatic carbocycles. The minimum absolute atomic E-state index is 0.0258. The SMILES string of the molecule is CCn1ncc(CN2CC3(CCN(C(=O)C4CC4)CC3)C[C@H]2C(=O)O)c1C. The molecule has 4 rings (SSSR count). The average molecular weight is 374 g/mol. The van der Waals surface area contributed by atoms with Crippen LogP contribution in [0.2, 0.25) is 0 Å². The molecule has 1 amide bonds. The van der Waals surface area contributed by atoms with Crippen molar-refractivity contribution in [2.45, 2.75) is 65.1 Å². The lowest BCUT2D eigenvalue weighted by atomic mass is 9.76. The highest BCUT2D eigenvalue weighted by molar-refractivity contribution is 5.81. The molecule has 148 valence electrons. The second-order valence-corrected chi connectivity index (χ2v) is 8.63. The Labute approximate surface area is 160 Å². The molecule has 0 aromatic carbocycles. The van der Waals surface area contributed by atoms with Gasteiger partial charge in [0.15, 0.2) is 0 Å². The van der Waals surface area contributed by atoms with Crippen molar-refractivity contribution in [1.82, 2.24) is 19.6 Å². The Balaban J connectivity index is 1.44. The molecule has 3 aliphatic rings. The summed E-state index contributed by atoms with van der Waals surface area (Å²) in [5, 5.41) is 14.2. The zero-order valence-corrected chi connectivity index (χ0v) is 16.4. The van der Waals surface area contributed by atoms with Gasteiger partial charge in [-0.1, -0.05) is 0 Å². The normalized spacial score (nSPS) is 25.3. The van der Waals surface area contributed by atoms with Crippen LogP contribution in [-0.4, -0.2) is 62.2 Å². The summed E-state index contributed by atoms with van der Waals surface area (Å²) < 4.78 is 1.96. The number of hydrogen-bond donors (Lipinski definition) is 1. The zero-order valence-electron chi connectivity index (χ0n) is 16.4. The third-order valence-corrected chi connectivity index (χ3v) is 6.83. The lowest BCUT2D eigenvalue weighted by Gasteiger charge is -2.39. The topological polar surface area (TPSA) is 78.7 Å². The highest BCUT2D eigenvalue weighted by atomic mass is 16.4. The second-order valence-electron chi connectivity index (χ2n) is 8.63. The number of amides is 1. The maximum Gasteiger partial charge on any atom is 0.320 e. The van der Waals surface area contributed by atoms with E-state index >= 15 is 0 Å². The van der Waals surface area contributed by atoms with E-state index in [4.69, 9.17) is 0 Å². The number of carboxylic acids is 1. The second kappa shape index (κ2) is 6.93. The van der Waals surface area contributed by atoms with E-state index in [1.54, 1.807) is 0 Å². The third kappa shape index (κ3) is 3.49. The first-order chi connectivity index (χ1) is 12.9. The third-order valence-electron chi connectivity index (χ3n) is 6.83. The number of aryl methyl sites for hydroxylation is 1. The Hall–Kier alpha value is -1.89. The summed E-state index contributed by atoms with van der Waals surface area (Å²) in [6, 6.07) is -0.444. The molecule has 0 unspecified atom stereocenters. The van der Waals surface area contributed by atoms with E-state index < -0.39 is 12.0 Å². The van der Waals surface area contributed by atoms with Crippen molar-refractivity contribution >= 4 is 11.9 Å². The number of carbonyl (C=O) groups excluding carboxylic acids is 1. The number of carboxylic acid groups (broad SMARTS) is 1. The zero-order chi connectivity index (χ0) is 19.2. The molecule has 7 nitrogen and oxygen atoms in total. The largest absolute Gasteiger partial charge is 0.480 e. The lowest BCUT2D eigenvalue weighted by molar-refractivity contribution is -0.142. The molecular formula is C20H30N4O3. The molecule has 2 saturated heterocycles. The van der Waals surface area contributed by atoms with Crippen LogP contribution < -0.4 is 0 Å². The van der Waals surface area contributed by atoms with Crippen LogP contribution in [0, 0.1) is 18.3 Å². The smallest absolute Gasteiger partial charge is 0.320 e. The summed E-state index contributed by atoms with van der Waals surface area (Å²) in [6.45, 7) is 7.93. The average Bonchev–Trinajstić information content (AvgIpc) is 3.37. The van der Waals surface area contributed by atoms with E-state index in [-0.39, 0.29) is 11.3 Å². The van der Waals surface area contributed by atoms with Crippen LogP contribution in [0.5, 0.6) is 0 Å². The molecule has 1 saturated carbocycles. The van der Waals surface area contributed by atoms with Crippen molar-refractivity contribution in [2.24, 2.45) is 11.3 Å². The number of aromatic nitrogens is 2. The summed E-state index contributed by atoms with van der Waals surface area (Å²) in [5.74, 6) is -0.148. The van der Waals surface area contributed by atoms with Crippen LogP contribution in [0.1, 0.15) is 50.3 Å². The van der Waals surface area contributed by atoms with Crippen LogP contribution in [0.25, 0.3) is 0 Å². The molecule has 2 aliphatic heterocycles. The van der Waals surface area contributed by atoms with Gasteiger partial charge in [-0.25, -0.2) is 0 Å². The van der Waals surface area contributed by atoms with Gasteiger partial charge in [-0.05, 0) is 51.4 Å². The van der Waals surface area contributed by atoms with Crippen molar-refractivity contribution in [3.05, 3.63) is 17.5 Å². The first-order valence-electron chi connectivity index (χ1n) is 10.2. The number of piperidine rings is 1. The number of aliphatic carboxylic acids is 1. The molecule has 1 aromatic rings. The van der Waals surface area contributed by atoms with E-state index in [1.165, 1.54) is 0 Å². The van der Waals surface area contributed by atoms with Gasteiger partial charge in [0, 0.05) is 49.9 Å². The predicted molar refractivity (Wildman–Crippen MR) is 100 cm³/mol. The van der Waals surface area contributed by atoms with E-state index in [0.717, 1.165) is 63.1 Å². The molecule has 3 fully saturated rings. The monoisotopic (exact) mass is 374 g/mol. The van der Waals surface area contributed by atoms with Crippen molar-refractivity contribution in [2.75, 3.05) is 19.6 Å². The van der Waals surface area contributed by atoms with Gasteiger partial charge >= 0.3 is 5.97 Å². The Bertz CT molecular complexity index is 732. The van der Waals surface area contributed by atoms with Gasteiger partial charge in [0.05, 0.1) is 6.20 Å². The van der Waals surface area contributed by atoms with Crippen molar-refractivity contribution in [3.63, 3.8) is 0 Å². The number of likely N-dealkylation sites (tertiary alicyclic amines) is 2. The fraction of sp³-hybridized carbons (Fsp3) is 0.750. The Morgan fingerprint density at radius 2 is 2.00 bits per heavy atom. The van der Waals surface area contributed by atoms with E-state index in [0.29, 0.717) is 18.9 Å². The predicted octanol–water partition coefficient (Wildman–Crippen LogP) is 1.89. The van der Waals surface area contributed by atoms with Crippen LogP contribution >= 0.6 is 0 Å². The number of nitrogens with zero attached hydrogens (tertiary/aromatic N) is 4. The van der Waals surface area contributed by atoms with Crippen molar-refractivity contribution < 1.29 is 14.7 Å². The standard InChI is InChI=1S/C20H30N4O3/c1-3-24-14(2)16(11-21-24)12-23-13-20(10-17(23)19(26)27)6-8-22(9-7-20)18(25)15-4-5-15/h11,15,17H,3-10,12-13H2,1-2H3,(H,26,27)/t17-/m0/s1. The van der Waals surface area contributed by atoms with E-state index in [1.807, 2.05) is 15.8 Å². The Morgan fingerprint density at radius 3 is 2.56 bits per heavy atom. The number of carbonyl (C=O) groups is 2. The molecule has 1 atom stereocenters. The molecule has 27 heavy (non-hydrogen) atoms. The number of rotatable bonds is 5. The Kier molecular flexibility index (Phi) is 4.74. The summed E-state index contributed by atoms with van der Waals surface area (Å²) >= 11 is 0. The minimum atomic E-state index is -0.733. The van der Waals surface area contributed by atoms with Gasteiger partial charge in [0.25, 0.3) is 0 Å². The lowest BCUT2D eigenvalue weighted by Crippen LogP contribution is -2.44. The summed E-state index contributed by atoms with van der Waals surface area (Å²) in [5.41, 5.74) is 2.26. The van der Waals surface area contributed by atoms with Gasteiger partial charge in [-0.2, -0.15) is 5.10 Å². The molecule has 3 heterocycles. The summed E-state index contributed by atoms with van der Waals surface area (Å²) in [4.78, 5) is 28.4. The van der Waals surface area contributed by atoms with Gasteiger partial charge in [-0.3, -0.25) is 19.2 Å². The maximum atomic E-state index is 12.3. The minimum Gasteiger partial charge on any atom is -0.480 e. The first kappa shape index (κ1) is 18.5. The van der Waals surface area contributed by atoms with Crippen molar-refractivity contribution in [3.8, 4) is 0 Å². The molecule has 0 bridgehead atoms. The van der Waals surface area contributed by atoms with Crippen LogP contribution in [0.4, 0.5) is 0 Å². The van der Waals surface area contributed by atoms with Gasteiger partial charge in [-0.15, -0.1) is 0 Å². The van der Waals surface area contributed by atoms with Crippen LogP contribution in [0.15, 0.2) is 6.20 Å². The summed E-state index contributed by atoms with van der Waals surface area (Å²) in [6.07, 6.45) is 6.48. The quantitative estimate of drug-likeness (QED) is 0.851. The molecule has 1 spiro atoms. The van der Waals surface area contributed by atoms with Crippen LogP contribution in [-0.2, 0) is 22.7 Å². The molecular weight excluding hydrogens is 344 g/mol. The molecule has 0 radical (unpaired) electrons. The molecule has 1 aromatic heterocycles. The van der Waals surface area contributed by atoms with Crippen molar-refractivity contribution in [1.29, 1.82) is 0 Å². The summed E-state index contributed by atoms with van der Waals surface area (Å²) in [7, 11) is 0. The molecule has 1 N–H and O–H groups in total. The van der Waals surface area contributed by atoms with Gasteiger partial charge in [0.1, 0.15) is 6.04 Å². The van der Waals surface area contributed by atoms with Crippen LogP contribution in [0.3, 0.4) is 0 Å². The maximum absolute atomic E-state index is 12.3. The van der Waals surface area contributed by atoms with E-state index in [2.05, 4.69) is 23.8 Å². The van der Waals surface area contributed by atoms with Gasteiger partial charge < -0.3 is 10.0 Å². The highest BCUT2D eigenvalue weighted by Gasteiger charge is 2.49. The fourth-order valence-corrected chi connectivity index (χ4v) is 4.88.